The lowest BCUT2D eigenvalue weighted by molar-refractivity contribution is -0.137. The highest BCUT2D eigenvalue weighted by Crippen LogP contribution is 2.39. The van der Waals surface area contributed by atoms with Crippen LogP contribution in [-0.2, 0) is 12.6 Å². The Balaban J connectivity index is 2.19. The third-order valence-electron chi connectivity index (χ3n) is 2.88. The average Bonchev–Trinajstić information content (AvgIpc) is 2.88. The maximum absolute atomic E-state index is 12.8. The quantitative estimate of drug-likeness (QED) is 0.705. The van der Waals surface area contributed by atoms with Crippen LogP contribution in [-0.4, -0.2) is 16.7 Å². The Morgan fingerprint density at radius 3 is 2.73 bits per heavy atom. The Kier molecular flexibility index (Phi) is 6.14. The number of aryl methyl sites for hydroxylation is 1. The summed E-state index contributed by atoms with van der Waals surface area (Å²) in [4.78, 5) is 5.53. The summed E-state index contributed by atoms with van der Waals surface area (Å²) in [5, 5.41) is 9.74. The minimum atomic E-state index is -4.40. The van der Waals surface area contributed by atoms with Crippen LogP contribution >= 0.6 is 34.7 Å². The second-order valence-electron chi connectivity index (χ2n) is 4.51. The molecule has 0 aliphatic rings. The van der Waals surface area contributed by atoms with Crippen LogP contribution in [0.5, 0.6) is 0 Å². The van der Waals surface area contributed by atoms with Crippen molar-refractivity contribution in [2.75, 3.05) is 6.61 Å². The molecule has 1 heterocycles. The zero-order valence-electron chi connectivity index (χ0n) is 11.4. The standard InChI is InChI=1S/C14H13ClF3NOS2/c15-10-5-4-9(14(16,17)18)7-12(10)22-13-11(21-8-19-13)3-1-2-6-20/h4-5,7-8,20H,1-3,6H2. The van der Waals surface area contributed by atoms with E-state index in [0.717, 1.165) is 41.6 Å². The lowest BCUT2D eigenvalue weighted by Crippen LogP contribution is -2.04. The molecule has 0 amide bonds. The predicted octanol–water partition coefficient (Wildman–Crippen LogP) is 5.28. The van der Waals surface area contributed by atoms with E-state index in [-0.39, 0.29) is 11.6 Å². The Hall–Kier alpha value is -0.760. The molecule has 8 heteroatoms. The van der Waals surface area contributed by atoms with Gasteiger partial charge in [0, 0.05) is 16.4 Å². The maximum atomic E-state index is 12.8. The molecule has 2 rings (SSSR count). The summed E-state index contributed by atoms with van der Waals surface area (Å²) in [6.07, 6.45) is -2.16. The highest BCUT2D eigenvalue weighted by molar-refractivity contribution is 7.99. The zero-order valence-corrected chi connectivity index (χ0v) is 13.7. The third-order valence-corrected chi connectivity index (χ3v) is 5.45. The number of halogens is 4. The van der Waals surface area contributed by atoms with Crippen LogP contribution < -0.4 is 0 Å². The van der Waals surface area contributed by atoms with Gasteiger partial charge in [-0.2, -0.15) is 13.2 Å². The van der Waals surface area contributed by atoms with Gasteiger partial charge in [-0.25, -0.2) is 4.98 Å². The molecular weight excluding hydrogens is 355 g/mol. The van der Waals surface area contributed by atoms with Crippen molar-refractivity contribution in [3.05, 3.63) is 39.2 Å². The van der Waals surface area contributed by atoms with E-state index in [0.29, 0.717) is 16.3 Å². The van der Waals surface area contributed by atoms with Crippen molar-refractivity contribution < 1.29 is 18.3 Å². The molecule has 1 aromatic heterocycles. The predicted molar refractivity (Wildman–Crippen MR) is 82.7 cm³/mol. The minimum absolute atomic E-state index is 0.126. The van der Waals surface area contributed by atoms with Crippen molar-refractivity contribution >= 4 is 34.7 Å². The van der Waals surface area contributed by atoms with Crippen molar-refractivity contribution in [1.82, 2.24) is 4.98 Å². The third kappa shape index (κ3) is 4.62. The molecule has 2 nitrogen and oxygen atoms in total. The number of aromatic nitrogens is 1. The van der Waals surface area contributed by atoms with Gasteiger partial charge in [0.25, 0.3) is 0 Å². The topological polar surface area (TPSA) is 33.1 Å². The van der Waals surface area contributed by atoms with Gasteiger partial charge in [-0.05, 0) is 37.5 Å². The summed E-state index contributed by atoms with van der Waals surface area (Å²) in [5.41, 5.74) is 0.939. The van der Waals surface area contributed by atoms with Crippen molar-refractivity contribution in [3.8, 4) is 0 Å². The number of rotatable bonds is 6. The van der Waals surface area contributed by atoms with E-state index in [4.69, 9.17) is 16.7 Å². The number of thiazole rings is 1. The Bertz CT molecular complexity index is 631. The number of unbranched alkanes of at least 4 members (excludes halogenated alkanes) is 1. The molecule has 0 bridgehead atoms. The van der Waals surface area contributed by atoms with E-state index < -0.39 is 11.7 Å². The number of nitrogens with zero attached hydrogens (tertiary/aromatic N) is 1. The van der Waals surface area contributed by atoms with Gasteiger partial charge < -0.3 is 5.11 Å². The molecule has 1 N–H and O–H groups in total. The normalized spacial score (nSPS) is 11.9. The van der Waals surface area contributed by atoms with Gasteiger partial charge >= 0.3 is 6.18 Å². The van der Waals surface area contributed by atoms with Crippen molar-refractivity contribution in [1.29, 1.82) is 0 Å². The van der Waals surface area contributed by atoms with Gasteiger partial charge in [0.05, 0.1) is 16.1 Å². The molecule has 0 atom stereocenters. The highest BCUT2D eigenvalue weighted by Gasteiger charge is 2.31. The zero-order chi connectivity index (χ0) is 16.2. The molecule has 22 heavy (non-hydrogen) atoms. The Morgan fingerprint density at radius 2 is 2.05 bits per heavy atom. The molecule has 2 aromatic rings. The minimum Gasteiger partial charge on any atom is -0.396 e. The van der Waals surface area contributed by atoms with Crippen LogP contribution in [0.4, 0.5) is 13.2 Å². The van der Waals surface area contributed by atoms with E-state index in [1.807, 2.05) is 0 Å². The molecule has 0 unspecified atom stereocenters. The molecule has 0 spiro atoms. The van der Waals surface area contributed by atoms with Crippen molar-refractivity contribution in [2.24, 2.45) is 0 Å². The second kappa shape index (κ2) is 7.68. The van der Waals surface area contributed by atoms with E-state index in [1.165, 1.54) is 17.4 Å². The van der Waals surface area contributed by atoms with Crippen LogP contribution in [0, 0.1) is 0 Å². The van der Waals surface area contributed by atoms with Crippen LogP contribution in [0.2, 0.25) is 5.02 Å². The van der Waals surface area contributed by atoms with E-state index in [2.05, 4.69) is 4.98 Å². The molecule has 0 fully saturated rings. The smallest absolute Gasteiger partial charge is 0.396 e. The van der Waals surface area contributed by atoms with Gasteiger partial charge in [0.1, 0.15) is 5.03 Å². The fourth-order valence-electron chi connectivity index (χ4n) is 1.77. The fourth-order valence-corrected chi connectivity index (χ4v) is 3.92. The van der Waals surface area contributed by atoms with Crippen molar-refractivity contribution in [2.45, 2.75) is 35.4 Å². The number of aliphatic hydroxyl groups excluding tert-OH is 1. The van der Waals surface area contributed by atoms with E-state index in [9.17, 15) is 13.2 Å². The molecule has 0 saturated carbocycles. The SMILES string of the molecule is OCCCCc1scnc1Sc1cc(C(F)(F)F)ccc1Cl. The lowest BCUT2D eigenvalue weighted by Gasteiger charge is -2.10. The number of hydrogen-bond acceptors (Lipinski definition) is 4. The number of alkyl halides is 3. The summed E-state index contributed by atoms with van der Waals surface area (Å²) in [6, 6.07) is 3.27. The summed E-state index contributed by atoms with van der Waals surface area (Å²) in [7, 11) is 0. The first-order valence-corrected chi connectivity index (χ1v) is 8.57. The van der Waals surface area contributed by atoms with Gasteiger partial charge in [-0.1, -0.05) is 23.4 Å². The highest BCUT2D eigenvalue weighted by atomic mass is 35.5. The summed E-state index contributed by atoms with van der Waals surface area (Å²) in [6.45, 7) is 0.126. The van der Waals surface area contributed by atoms with Crippen LogP contribution in [0.25, 0.3) is 0 Å². The van der Waals surface area contributed by atoms with Crippen LogP contribution in [0.3, 0.4) is 0 Å². The van der Waals surface area contributed by atoms with E-state index >= 15 is 0 Å². The lowest BCUT2D eigenvalue weighted by atomic mass is 10.2. The summed E-state index contributed by atoms with van der Waals surface area (Å²) < 4.78 is 38.3. The Morgan fingerprint density at radius 1 is 1.27 bits per heavy atom. The molecule has 0 saturated heterocycles. The van der Waals surface area contributed by atoms with Gasteiger partial charge in [-0.15, -0.1) is 11.3 Å². The number of aliphatic hydroxyl groups is 1. The largest absolute Gasteiger partial charge is 0.416 e. The fraction of sp³-hybridized carbons (Fsp3) is 0.357. The van der Waals surface area contributed by atoms with Gasteiger partial charge in [-0.3, -0.25) is 0 Å². The van der Waals surface area contributed by atoms with Crippen LogP contribution in [0.1, 0.15) is 23.3 Å². The second-order valence-corrected chi connectivity index (χ2v) is 6.88. The van der Waals surface area contributed by atoms with Crippen LogP contribution in [0.15, 0.2) is 33.6 Å². The first kappa shape index (κ1) is 17.6. The monoisotopic (exact) mass is 367 g/mol. The Labute approximate surface area is 139 Å². The molecule has 1 aromatic carbocycles. The number of hydrogen-bond donors (Lipinski definition) is 1. The first-order chi connectivity index (χ1) is 10.4. The molecular formula is C14H13ClF3NOS2. The first-order valence-electron chi connectivity index (χ1n) is 6.49. The molecule has 0 aliphatic carbocycles. The summed E-state index contributed by atoms with van der Waals surface area (Å²) in [5.74, 6) is 0. The van der Waals surface area contributed by atoms with E-state index in [1.54, 1.807) is 5.51 Å². The molecule has 0 radical (unpaired) electrons. The van der Waals surface area contributed by atoms with Gasteiger partial charge in [0.15, 0.2) is 0 Å². The average molecular weight is 368 g/mol. The van der Waals surface area contributed by atoms with Gasteiger partial charge in [0.2, 0.25) is 0 Å². The molecule has 120 valence electrons. The maximum Gasteiger partial charge on any atom is 0.416 e. The number of benzene rings is 1. The van der Waals surface area contributed by atoms with Crippen molar-refractivity contribution in [3.63, 3.8) is 0 Å². The molecule has 0 aliphatic heterocycles. The summed E-state index contributed by atoms with van der Waals surface area (Å²) >= 11 is 8.59.